The highest BCUT2D eigenvalue weighted by atomic mass is 16.5. The molecule has 0 fully saturated rings. The molecule has 0 amide bonds. The van der Waals surface area contributed by atoms with Crippen molar-refractivity contribution in [3.8, 4) is 5.75 Å². The molecule has 0 spiro atoms. The van der Waals surface area contributed by atoms with E-state index in [4.69, 9.17) is 13.6 Å². The Morgan fingerprint density at radius 1 is 1.29 bits per heavy atom. The molecular formula is C18H19NO5. The van der Waals surface area contributed by atoms with Crippen molar-refractivity contribution in [2.24, 2.45) is 0 Å². The van der Waals surface area contributed by atoms with Gasteiger partial charge in [-0.1, -0.05) is 0 Å². The van der Waals surface area contributed by atoms with E-state index in [1.807, 2.05) is 25.1 Å². The molecule has 2 aromatic heterocycles. The Balaban J connectivity index is 1.54. The van der Waals surface area contributed by atoms with E-state index >= 15 is 0 Å². The van der Waals surface area contributed by atoms with Crippen molar-refractivity contribution in [3.05, 3.63) is 64.4 Å². The molecular weight excluding hydrogens is 310 g/mol. The zero-order valence-corrected chi connectivity index (χ0v) is 13.3. The van der Waals surface area contributed by atoms with Gasteiger partial charge in [-0.15, -0.1) is 0 Å². The molecule has 0 radical (unpaired) electrons. The fourth-order valence-corrected chi connectivity index (χ4v) is 2.42. The van der Waals surface area contributed by atoms with Gasteiger partial charge in [0.1, 0.15) is 29.8 Å². The predicted octanol–water partition coefficient (Wildman–Crippen LogP) is 2.22. The normalized spacial score (nSPS) is 12.4. The molecule has 24 heavy (non-hydrogen) atoms. The Hall–Kier alpha value is -2.57. The summed E-state index contributed by atoms with van der Waals surface area (Å²) in [6, 6.07) is 10.4. The van der Waals surface area contributed by atoms with Gasteiger partial charge in [0.25, 0.3) is 0 Å². The van der Waals surface area contributed by atoms with Crippen LogP contribution in [0.25, 0.3) is 11.0 Å². The number of ether oxygens (including phenoxy) is 1. The van der Waals surface area contributed by atoms with Crippen molar-refractivity contribution < 1.29 is 18.7 Å². The molecule has 3 rings (SSSR count). The molecule has 0 aliphatic heterocycles. The van der Waals surface area contributed by atoms with Gasteiger partial charge in [-0.3, -0.25) is 0 Å². The summed E-state index contributed by atoms with van der Waals surface area (Å²) in [6.45, 7) is 2.91. The summed E-state index contributed by atoms with van der Waals surface area (Å²) in [5, 5.41) is 13.9. The van der Waals surface area contributed by atoms with Crippen molar-refractivity contribution >= 4 is 11.0 Å². The number of furan rings is 1. The summed E-state index contributed by atoms with van der Waals surface area (Å²) >= 11 is 0. The first-order valence-electron chi connectivity index (χ1n) is 7.70. The van der Waals surface area contributed by atoms with Gasteiger partial charge in [-0.2, -0.15) is 0 Å². The lowest BCUT2D eigenvalue weighted by atomic mass is 10.1. The molecule has 6 nitrogen and oxygen atoms in total. The van der Waals surface area contributed by atoms with Crippen LogP contribution in [0.3, 0.4) is 0 Å². The van der Waals surface area contributed by atoms with E-state index < -0.39 is 6.10 Å². The second-order valence-corrected chi connectivity index (χ2v) is 5.58. The third-order valence-corrected chi connectivity index (χ3v) is 3.62. The summed E-state index contributed by atoms with van der Waals surface area (Å²) in [5.41, 5.74) is 0.942. The summed E-state index contributed by atoms with van der Waals surface area (Å²) in [5.74, 6) is 1.35. The Morgan fingerprint density at radius 3 is 2.96 bits per heavy atom. The van der Waals surface area contributed by atoms with Crippen molar-refractivity contribution in [2.45, 2.75) is 19.6 Å². The molecule has 1 unspecified atom stereocenters. The van der Waals surface area contributed by atoms with Crippen LogP contribution in [0.1, 0.15) is 11.3 Å². The second-order valence-electron chi connectivity index (χ2n) is 5.58. The third-order valence-electron chi connectivity index (χ3n) is 3.62. The Morgan fingerprint density at radius 2 is 2.17 bits per heavy atom. The minimum Gasteiger partial charge on any atom is -0.491 e. The summed E-state index contributed by atoms with van der Waals surface area (Å²) < 4.78 is 15.9. The van der Waals surface area contributed by atoms with Gasteiger partial charge < -0.3 is 24.0 Å². The van der Waals surface area contributed by atoms with Gasteiger partial charge in [0, 0.05) is 24.1 Å². The monoisotopic (exact) mass is 329 g/mol. The van der Waals surface area contributed by atoms with Crippen LogP contribution in [0, 0.1) is 6.92 Å². The van der Waals surface area contributed by atoms with E-state index in [1.165, 1.54) is 6.07 Å². The fraction of sp³-hybridized carbons (Fsp3) is 0.278. The maximum absolute atomic E-state index is 11.4. The first kappa shape index (κ1) is 16.3. The molecule has 126 valence electrons. The summed E-state index contributed by atoms with van der Waals surface area (Å²) in [7, 11) is 0. The Bertz CT molecular complexity index is 853. The third kappa shape index (κ3) is 4.04. The van der Waals surface area contributed by atoms with Crippen LogP contribution >= 0.6 is 0 Å². The number of rotatable bonds is 7. The molecule has 0 bridgehead atoms. The average molecular weight is 329 g/mol. The number of aliphatic hydroxyl groups excluding tert-OH is 1. The molecule has 3 aromatic rings. The van der Waals surface area contributed by atoms with E-state index in [0.29, 0.717) is 24.4 Å². The van der Waals surface area contributed by atoms with Crippen LogP contribution in [0.15, 0.2) is 56.3 Å². The molecule has 1 atom stereocenters. The summed E-state index contributed by atoms with van der Waals surface area (Å²) in [4.78, 5) is 11.4. The Labute approximate surface area is 138 Å². The smallest absolute Gasteiger partial charge is 0.336 e. The van der Waals surface area contributed by atoms with Crippen molar-refractivity contribution in [1.29, 1.82) is 0 Å². The first-order valence-corrected chi connectivity index (χ1v) is 7.70. The van der Waals surface area contributed by atoms with Gasteiger partial charge >= 0.3 is 5.63 Å². The lowest BCUT2D eigenvalue weighted by molar-refractivity contribution is 0.106. The van der Waals surface area contributed by atoms with Gasteiger partial charge in [0.15, 0.2) is 0 Å². The van der Waals surface area contributed by atoms with Crippen LogP contribution in [0.4, 0.5) is 0 Å². The molecule has 0 saturated heterocycles. The maximum Gasteiger partial charge on any atom is 0.336 e. The quantitative estimate of drug-likeness (QED) is 0.647. The lowest BCUT2D eigenvalue weighted by Crippen LogP contribution is -2.31. The molecule has 2 heterocycles. The lowest BCUT2D eigenvalue weighted by Gasteiger charge is -2.13. The topological polar surface area (TPSA) is 84.8 Å². The zero-order chi connectivity index (χ0) is 16.9. The van der Waals surface area contributed by atoms with Crippen molar-refractivity contribution in [2.75, 3.05) is 13.2 Å². The van der Waals surface area contributed by atoms with Gasteiger partial charge in [-0.25, -0.2) is 4.79 Å². The predicted molar refractivity (Wildman–Crippen MR) is 89.1 cm³/mol. The van der Waals surface area contributed by atoms with E-state index in [1.54, 1.807) is 18.4 Å². The highest BCUT2D eigenvalue weighted by Gasteiger charge is 2.08. The number of benzene rings is 1. The van der Waals surface area contributed by atoms with Gasteiger partial charge in [-0.05, 0) is 36.8 Å². The Kier molecular flexibility index (Phi) is 4.98. The summed E-state index contributed by atoms with van der Waals surface area (Å²) in [6.07, 6.45) is 0.941. The molecule has 0 aliphatic rings. The highest BCUT2D eigenvalue weighted by molar-refractivity contribution is 5.81. The van der Waals surface area contributed by atoms with Crippen LogP contribution in [-0.4, -0.2) is 24.4 Å². The van der Waals surface area contributed by atoms with E-state index in [2.05, 4.69) is 5.32 Å². The molecule has 6 heteroatoms. The minimum absolute atomic E-state index is 0.132. The number of nitrogens with one attached hydrogen (secondary N) is 1. The SMILES string of the molecule is Cc1cc(=O)oc2cc(OCC(O)CNCc3ccco3)ccc12. The number of aryl methyl sites for hydroxylation is 1. The largest absolute Gasteiger partial charge is 0.491 e. The average Bonchev–Trinajstić information content (AvgIpc) is 3.05. The van der Waals surface area contributed by atoms with Crippen LogP contribution in [-0.2, 0) is 6.54 Å². The highest BCUT2D eigenvalue weighted by Crippen LogP contribution is 2.22. The molecule has 2 N–H and O–H groups in total. The number of aliphatic hydroxyl groups is 1. The molecule has 0 aliphatic carbocycles. The second kappa shape index (κ2) is 7.33. The van der Waals surface area contributed by atoms with Crippen LogP contribution < -0.4 is 15.7 Å². The van der Waals surface area contributed by atoms with Crippen LogP contribution in [0.5, 0.6) is 5.75 Å². The fourth-order valence-electron chi connectivity index (χ4n) is 2.42. The standard InChI is InChI=1S/C18H19NO5/c1-12-7-18(21)24-17-8-14(4-5-16(12)17)23-11-13(20)9-19-10-15-3-2-6-22-15/h2-8,13,19-20H,9-11H2,1H3. The van der Waals surface area contributed by atoms with E-state index in [9.17, 15) is 9.90 Å². The maximum atomic E-state index is 11.4. The number of fused-ring (bicyclic) bond motifs is 1. The number of hydrogen-bond donors (Lipinski definition) is 2. The minimum atomic E-state index is -0.667. The van der Waals surface area contributed by atoms with Crippen molar-refractivity contribution in [1.82, 2.24) is 5.32 Å². The zero-order valence-electron chi connectivity index (χ0n) is 13.3. The van der Waals surface area contributed by atoms with E-state index in [0.717, 1.165) is 16.7 Å². The van der Waals surface area contributed by atoms with Crippen LogP contribution in [0.2, 0.25) is 0 Å². The van der Waals surface area contributed by atoms with Crippen molar-refractivity contribution in [3.63, 3.8) is 0 Å². The molecule has 1 aromatic carbocycles. The van der Waals surface area contributed by atoms with Gasteiger partial charge in [0.2, 0.25) is 0 Å². The van der Waals surface area contributed by atoms with Gasteiger partial charge in [0.05, 0.1) is 12.8 Å². The first-order chi connectivity index (χ1) is 11.6. The molecule has 0 saturated carbocycles. The van der Waals surface area contributed by atoms with E-state index in [-0.39, 0.29) is 12.2 Å². The number of hydrogen-bond acceptors (Lipinski definition) is 6.